The van der Waals surface area contributed by atoms with Gasteiger partial charge in [0.25, 0.3) is 0 Å². The van der Waals surface area contributed by atoms with Crippen LogP contribution in [0, 0.1) is 6.92 Å². The molecule has 1 aliphatic rings. The van der Waals surface area contributed by atoms with Gasteiger partial charge in [-0.3, -0.25) is 5.43 Å². The third kappa shape index (κ3) is 2.22. The molecule has 0 radical (unpaired) electrons. The number of nitrogens with one attached hydrogen (secondary N) is 1. The van der Waals surface area contributed by atoms with E-state index in [2.05, 4.69) is 27.2 Å². The van der Waals surface area contributed by atoms with Gasteiger partial charge >= 0.3 is 0 Å². The zero-order valence-electron chi connectivity index (χ0n) is 9.60. The van der Waals surface area contributed by atoms with Crippen LogP contribution in [0.3, 0.4) is 0 Å². The third-order valence-corrected chi connectivity index (χ3v) is 3.90. The molecule has 0 saturated carbocycles. The molecule has 16 heavy (non-hydrogen) atoms. The van der Waals surface area contributed by atoms with Crippen LogP contribution in [0.25, 0.3) is 0 Å². The fourth-order valence-corrected chi connectivity index (χ4v) is 2.85. The lowest BCUT2D eigenvalue weighted by atomic mass is 10.2. The van der Waals surface area contributed by atoms with Crippen LogP contribution in [0.4, 0.5) is 11.8 Å². The van der Waals surface area contributed by atoms with Gasteiger partial charge in [0.05, 0.1) is 0 Å². The molecule has 1 fully saturated rings. The Bertz CT molecular complexity index is 370. The van der Waals surface area contributed by atoms with Crippen molar-refractivity contribution in [3.8, 4) is 0 Å². The Morgan fingerprint density at radius 1 is 1.62 bits per heavy atom. The number of anilines is 2. The first-order chi connectivity index (χ1) is 7.72. The van der Waals surface area contributed by atoms with Gasteiger partial charge in [-0.05, 0) is 13.8 Å². The van der Waals surface area contributed by atoms with Crippen LogP contribution in [0.2, 0.25) is 0 Å². The van der Waals surface area contributed by atoms with Crippen LogP contribution in [-0.4, -0.2) is 34.1 Å². The van der Waals surface area contributed by atoms with Crippen molar-refractivity contribution in [1.29, 1.82) is 0 Å². The van der Waals surface area contributed by atoms with Crippen molar-refractivity contribution in [3.63, 3.8) is 0 Å². The van der Waals surface area contributed by atoms with Gasteiger partial charge in [0.2, 0.25) is 5.95 Å². The molecule has 2 heterocycles. The third-order valence-electron chi connectivity index (χ3n) is 2.71. The van der Waals surface area contributed by atoms with Crippen molar-refractivity contribution >= 4 is 23.5 Å². The Kier molecular flexibility index (Phi) is 3.50. The first kappa shape index (κ1) is 11.5. The van der Waals surface area contributed by atoms with E-state index in [0.717, 1.165) is 29.4 Å². The highest BCUT2D eigenvalue weighted by atomic mass is 32.2. The summed E-state index contributed by atoms with van der Waals surface area (Å²) in [6.07, 6.45) is 1.81. The number of nitrogen functional groups attached to an aromatic ring is 1. The van der Waals surface area contributed by atoms with E-state index in [4.69, 9.17) is 5.84 Å². The van der Waals surface area contributed by atoms with Crippen molar-refractivity contribution in [3.05, 3.63) is 11.8 Å². The van der Waals surface area contributed by atoms with Gasteiger partial charge in [-0.15, -0.1) is 0 Å². The lowest BCUT2D eigenvalue weighted by Gasteiger charge is -2.34. The summed E-state index contributed by atoms with van der Waals surface area (Å²) < 4.78 is 0. The summed E-state index contributed by atoms with van der Waals surface area (Å²) in [5.74, 6) is 9.11. The van der Waals surface area contributed by atoms with E-state index in [1.54, 1.807) is 0 Å². The van der Waals surface area contributed by atoms with Crippen LogP contribution < -0.4 is 16.2 Å². The van der Waals surface area contributed by atoms with Crippen LogP contribution in [0.15, 0.2) is 6.20 Å². The number of aryl methyl sites for hydroxylation is 1. The van der Waals surface area contributed by atoms with E-state index in [9.17, 15) is 0 Å². The quantitative estimate of drug-likeness (QED) is 0.593. The van der Waals surface area contributed by atoms with E-state index in [-0.39, 0.29) is 0 Å². The van der Waals surface area contributed by atoms with E-state index in [1.165, 1.54) is 0 Å². The molecule has 6 heteroatoms. The van der Waals surface area contributed by atoms with Gasteiger partial charge in [0.1, 0.15) is 5.82 Å². The van der Waals surface area contributed by atoms with E-state index in [0.29, 0.717) is 12.0 Å². The van der Waals surface area contributed by atoms with E-state index < -0.39 is 0 Å². The zero-order valence-corrected chi connectivity index (χ0v) is 10.4. The Balaban J connectivity index is 2.30. The molecule has 3 N–H and O–H groups in total. The zero-order chi connectivity index (χ0) is 11.5. The van der Waals surface area contributed by atoms with Gasteiger partial charge in [-0.1, -0.05) is 0 Å². The number of nitrogens with two attached hydrogens (primary N) is 1. The first-order valence-corrected chi connectivity index (χ1v) is 6.52. The minimum Gasteiger partial charge on any atom is -0.352 e. The molecular formula is C10H17N5S. The topological polar surface area (TPSA) is 67.1 Å². The summed E-state index contributed by atoms with van der Waals surface area (Å²) in [6, 6.07) is 0.512. The molecule has 0 aromatic carbocycles. The Morgan fingerprint density at radius 2 is 2.44 bits per heavy atom. The van der Waals surface area contributed by atoms with Crippen LogP contribution >= 0.6 is 11.8 Å². The second-order valence-electron chi connectivity index (χ2n) is 3.96. The summed E-state index contributed by atoms with van der Waals surface area (Å²) >= 11 is 1.99. The van der Waals surface area contributed by atoms with Crippen LogP contribution in [-0.2, 0) is 0 Å². The summed E-state index contributed by atoms with van der Waals surface area (Å²) in [7, 11) is 0. The Morgan fingerprint density at radius 3 is 3.12 bits per heavy atom. The highest BCUT2D eigenvalue weighted by molar-refractivity contribution is 7.99. The number of thioether (sulfide) groups is 1. The highest BCUT2D eigenvalue weighted by Gasteiger charge is 2.21. The molecule has 1 aromatic heterocycles. The van der Waals surface area contributed by atoms with E-state index in [1.807, 2.05) is 24.9 Å². The summed E-state index contributed by atoms with van der Waals surface area (Å²) in [4.78, 5) is 10.9. The molecule has 1 atom stereocenters. The minimum absolute atomic E-state index is 0.478. The first-order valence-electron chi connectivity index (χ1n) is 5.37. The highest BCUT2D eigenvalue weighted by Crippen LogP contribution is 2.25. The molecule has 2 rings (SSSR count). The minimum atomic E-state index is 0.478. The SMILES string of the molecule is Cc1cnc(NN)nc1N1CCSCC1C. The second kappa shape index (κ2) is 4.88. The summed E-state index contributed by atoms with van der Waals surface area (Å²) in [5, 5.41) is 0. The van der Waals surface area contributed by atoms with Crippen molar-refractivity contribution in [2.24, 2.45) is 5.84 Å². The Hall–Kier alpha value is -1.01. The van der Waals surface area contributed by atoms with Crippen LogP contribution in [0.1, 0.15) is 12.5 Å². The maximum Gasteiger partial charge on any atom is 0.239 e. The lowest BCUT2D eigenvalue weighted by molar-refractivity contribution is 0.686. The van der Waals surface area contributed by atoms with Crippen molar-refractivity contribution < 1.29 is 0 Å². The fraction of sp³-hybridized carbons (Fsp3) is 0.600. The average Bonchev–Trinajstić information content (AvgIpc) is 2.31. The number of aromatic nitrogens is 2. The fourth-order valence-electron chi connectivity index (χ4n) is 1.84. The van der Waals surface area contributed by atoms with Crippen LogP contribution in [0.5, 0.6) is 0 Å². The normalized spacial score (nSPS) is 20.9. The smallest absolute Gasteiger partial charge is 0.239 e. The van der Waals surface area contributed by atoms with Crippen molar-refractivity contribution in [1.82, 2.24) is 9.97 Å². The van der Waals surface area contributed by atoms with Crippen molar-refractivity contribution in [2.45, 2.75) is 19.9 Å². The van der Waals surface area contributed by atoms with Gasteiger partial charge in [0, 0.05) is 35.9 Å². The second-order valence-corrected chi connectivity index (χ2v) is 5.11. The lowest BCUT2D eigenvalue weighted by Crippen LogP contribution is -2.41. The van der Waals surface area contributed by atoms with E-state index >= 15 is 0 Å². The summed E-state index contributed by atoms with van der Waals surface area (Å²) in [6.45, 7) is 5.29. The molecule has 5 nitrogen and oxygen atoms in total. The molecule has 88 valence electrons. The predicted octanol–water partition coefficient (Wildman–Crippen LogP) is 1.01. The largest absolute Gasteiger partial charge is 0.352 e. The number of hydrogen-bond acceptors (Lipinski definition) is 6. The predicted molar refractivity (Wildman–Crippen MR) is 68.7 cm³/mol. The molecular weight excluding hydrogens is 222 g/mol. The number of hydrazine groups is 1. The molecule has 0 aliphatic carbocycles. The summed E-state index contributed by atoms with van der Waals surface area (Å²) in [5.41, 5.74) is 3.59. The van der Waals surface area contributed by atoms with Gasteiger partial charge in [-0.25, -0.2) is 10.8 Å². The van der Waals surface area contributed by atoms with Gasteiger partial charge in [-0.2, -0.15) is 16.7 Å². The monoisotopic (exact) mass is 239 g/mol. The number of nitrogens with zero attached hydrogens (tertiary/aromatic N) is 3. The average molecular weight is 239 g/mol. The number of rotatable bonds is 2. The maximum atomic E-state index is 5.34. The molecule has 0 bridgehead atoms. The molecule has 1 saturated heterocycles. The molecule has 1 unspecified atom stereocenters. The number of hydrogen-bond donors (Lipinski definition) is 2. The van der Waals surface area contributed by atoms with Gasteiger partial charge < -0.3 is 4.90 Å². The molecule has 1 aliphatic heterocycles. The molecule has 0 amide bonds. The van der Waals surface area contributed by atoms with Gasteiger partial charge in [0.15, 0.2) is 0 Å². The molecule has 1 aromatic rings. The Labute approximate surface area is 99.8 Å². The molecule has 0 spiro atoms. The standard InChI is InChI=1S/C10H17N5S/c1-7-5-12-10(14-11)13-9(7)15-3-4-16-6-8(15)2/h5,8H,3-4,6,11H2,1-2H3,(H,12,13,14). The maximum absolute atomic E-state index is 5.34. The van der Waals surface area contributed by atoms with Crippen molar-refractivity contribution in [2.75, 3.05) is 28.4 Å².